The molecule has 1 unspecified atom stereocenters. The molecule has 8 heteroatoms. The second kappa shape index (κ2) is 24.4. The number of nitrogens with zero attached hydrogens (tertiary/aromatic N) is 1. The average molecular weight is 692 g/mol. The number of phosphoric acid groups is 1. The van der Waals surface area contributed by atoms with Crippen molar-refractivity contribution in [3.63, 3.8) is 0 Å². The highest BCUT2D eigenvalue weighted by Crippen LogP contribution is 2.38. The quantitative estimate of drug-likeness (QED) is 0.0381. The van der Waals surface area contributed by atoms with Gasteiger partial charge in [-0.15, -0.1) is 0 Å². The van der Waals surface area contributed by atoms with E-state index < -0.39 is 7.82 Å². The summed E-state index contributed by atoms with van der Waals surface area (Å²) in [6.07, 6.45) is 23.3. The second-order valence-electron chi connectivity index (χ2n) is 12.1. The van der Waals surface area contributed by atoms with Gasteiger partial charge < -0.3 is 23.2 Å². The van der Waals surface area contributed by atoms with E-state index in [-0.39, 0.29) is 13.2 Å². The van der Waals surface area contributed by atoms with Crippen molar-refractivity contribution in [3.8, 4) is 0 Å². The standard InChI is InChI=1S/C32H59INO5P/c1-34(2,3)26-30-39-40(35,36)38-29-20-28-37-27-19-17-15-13-11-9-7-5-4-6-8-10-12-14-16-18-21-31-22-24-32(33)25-23-31/h22-25H,4-21,26-30H2,1-3H3/i33-4. The summed E-state index contributed by atoms with van der Waals surface area (Å²) < 4.78 is 29.0. The number of phosphoric ester groups is 1. The first kappa shape index (κ1) is 38.0. The molecule has 0 spiro atoms. The molecule has 1 aromatic carbocycles. The molecule has 234 valence electrons. The van der Waals surface area contributed by atoms with Gasteiger partial charge >= 0.3 is 0 Å². The van der Waals surface area contributed by atoms with E-state index in [0.717, 1.165) is 13.0 Å². The zero-order valence-electron chi connectivity index (χ0n) is 25.9. The molecule has 0 amide bonds. The summed E-state index contributed by atoms with van der Waals surface area (Å²) in [5, 5.41) is 0. The summed E-state index contributed by atoms with van der Waals surface area (Å²) in [5.41, 5.74) is 1.48. The number of hydrogen-bond acceptors (Lipinski definition) is 5. The molecule has 0 saturated carbocycles. The second-order valence-corrected chi connectivity index (χ2v) is 14.8. The lowest BCUT2D eigenvalue weighted by Gasteiger charge is -2.27. The maximum atomic E-state index is 11.7. The number of rotatable bonds is 28. The Hall–Kier alpha value is -0.0200. The van der Waals surface area contributed by atoms with Gasteiger partial charge in [-0.1, -0.05) is 102 Å². The lowest BCUT2D eigenvalue weighted by molar-refractivity contribution is -0.870. The fourth-order valence-electron chi connectivity index (χ4n) is 4.56. The Labute approximate surface area is 260 Å². The maximum Gasteiger partial charge on any atom is 0.268 e. The van der Waals surface area contributed by atoms with E-state index in [0.29, 0.717) is 24.1 Å². The smallest absolute Gasteiger partial charge is 0.268 e. The van der Waals surface area contributed by atoms with E-state index in [1.165, 1.54) is 112 Å². The van der Waals surface area contributed by atoms with Crippen molar-refractivity contribution in [3.05, 3.63) is 33.4 Å². The number of quaternary nitrogens is 1. The number of unbranched alkanes of at least 4 members (excludes halogenated alkanes) is 15. The van der Waals surface area contributed by atoms with Crippen molar-refractivity contribution >= 4 is 30.4 Å². The number of halogens is 1. The molecule has 0 N–H and O–H groups in total. The van der Waals surface area contributed by atoms with E-state index in [1.54, 1.807) is 0 Å². The number of ether oxygens (including phenoxy) is 1. The number of likely N-dealkylation sites (N-methyl/N-ethyl adjacent to an activating group) is 1. The third-order valence-electron chi connectivity index (χ3n) is 7.11. The van der Waals surface area contributed by atoms with Gasteiger partial charge in [-0.25, -0.2) is 0 Å². The first-order valence-electron chi connectivity index (χ1n) is 15.9. The van der Waals surface area contributed by atoms with Gasteiger partial charge in [0.05, 0.1) is 27.7 Å². The van der Waals surface area contributed by atoms with Gasteiger partial charge in [0, 0.05) is 16.8 Å². The van der Waals surface area contributed by atoms with Crippen LogP contribution in [-0.4, -0.2) is 58.6 Å². The van der Waals surface area contributed by atoms with Gasteiger partial charge in [-0.3, -0.25) is 4.57 Å². The van der Waals surface area contributed by atoms with Crippen molar-refractivity contribution in [1.82, 2.24) is 0 Å². The molecule has 0 saturated heterocycles. The zero-order chi connectivity index (χ0) is 29.4. The third-order valence-corrected chi connectivity index (χ3v) is 8.83. The minimum absolute atomic E-state index is 0.111. The van der Waals surface area contributed by atoms with Crippen molar-refractivity contribution in [1.29, 1.82) is 0 Å². The predicted molar refractivity (Wildman–Crippen MR) is 175 cm³/mol. The fraction of sp³-hybridized carbons (Fsp3) is 0.812. The van der Waals surface area contributed by atoms with Crippen molar-refractivity contribution in [2.24, 2.45) is 0 Å². The van der Waals surface area contributed by atoms with Crippen LogP contribution in [0, 0.1) is 3.57 Å². The Kier molecular flexibility index (Phi) is 23.2. The lowest BCUT2D eigenvalue weighted by Crippen LogP contribution is -2.37. The minimum atomic E-state index is -4.20. The molecule has 6 nitrogen and oxygen atoms in total. The van der Waals surface area contributed by atoms with Crippen molar-refractivity contribution in [2.45, 2.75) is 116 Å². The summed E-state index contributed by atoms with van der Waals surface area (Å²) in [4.78, 5) is 11.7. The monoisotopic (exact) mass is 691 g/mol. The Morgan fingerprint density at radius 1 is 0.625 bits per heavy atom. The molecule has 0 aromatic heterocycles. The summed E-state index contributed by atoms with van der Waals surface area (Å²) in [7, 11) is 1.75. The molecule has 1 rings (SSSR count). The first-order valence-corrected chi connectivity index (χ1v) is 18.4. The molecule has 0 aliphatic rings. The SMILES string of the molecule is C[N+](C)(C)CCOP(=O)([O-])OCCCOCCCCCCCCCCCCCCCCCCc1ccc([123I])cc1. The fourth-order valence-corrected chi connectivity index (χ4v) is 5.65. The Morgan fingerprint density at radius 2 is 1.05 bits per heavy atom. The largest absolute Gasteiger partial charge is 0.756 e. The lowest BCUT2D eigenvalue weighted by atomic mass is 10.0. The van der Waals surface area contributed by atoms with Crippen LogP contribution in [0.4, 0.5) is 0 Å². The average Bonchev–Trinajstić information content (AvgIpc) is 2.89. The van der Waals surface area contributed by atoms with E-state index in [2.05, 4.69) is 46.9 Å². The van der Waals surface area contributed by atoms with Crippen LogP contribution in [-0.2, 0) is 24.8 Å². The van der Waals surface area contributed by atoms with E-state index >= 15 is 0 Å². The molecule has 1 atom stereocenters. The first-order chi connectivity index (χ1) is 19.2. The highest BCUT2D eigenvalue weighted by molar-refractivity contribution is 14.1. The van der Waals surface area contributed by atoms with Crippen LogP contribution in [0.5, 0.6) is 0 Å². The summed E-state index contributed by atoms with van der Waals surface area (Å²) in [6, 6.07) is 8.96. The van der Waals surface area contributed by atoms with Gasteiger partial charge in [-0.05, 0) is 66.0 Å². The molecule has 1 aromatic rings. The summed E-state index contributed by atoms with van der Waals surface area (Å²) >= 11 is 2.37. The number of aryl methyl sites for hydroxylation is 1. The summed E-state index contributed by atoms with van der Waals surface area (Å²) in [6.45, 7) is 2.11. The van der Waals surface area contributed by atoms with Crippen LogP contribution in [0.25, 0.3) is 0 Å². The normalized spacial score (nSPS) is 13.5. The highest BCUT2D eigenvalue weighted by Gasteiger charge is 2.13. The van der Waals surface area contributed by atoms with Gasteiger partial charge in [0.1, 0.15) is 13.2 Å². The molecule has 0 radical (unpaired) electrons. The van der Waals surface area contributed by atoms with Crippen LogP contribution in [0.3, 0.4) is 0 Å². The highest BCUT2D eigenvalue weighted by atomic mass is 123. The molecule has 0 aliphatic carbocycles. The van der Waals surface area contributed by atoms with Crippen LogP contribution in [0.2, 0.25) is 0 Å². The third kappa shape index (κ3) is 25.7. The Balaban J connectivity index is 1.72. The minimum Gasteiger partial charge on any atom is -0.756 e. The van der Waals surface area contributed by atoms with Gasteiger partial charge in [-0.2, -0.15) is 0 Å². The number of benzene rings is 1. The van der Waals surface area contributed by atoms with Crippen LogP contribution in [0.15, 0.2) is 24.3 Å². The molecule has 0 bridgehead atoms. The van der Waals surface area contributed by atoms with Crippen LogP contribution in [0.1, 0.15) is 115 Å². The molecule has 0 fully saturated rings. The summed E-state index contributed by atoms with van der Waals surface area (Å²) in [5.74, 6) is 0. The van der Waals surface area contributed by atoms with Crippen LogP contribution >= 0.6 is 30.4 Å². The maximum absolute atomic E-state index is 11.7. The van der Waals surface area contributed by atoms with Crippen molar-refractivity contribution in [2.75, 3.05) is 54.1 Å². The van der Waals surface area contributed by atoms with Gasteiger partial charge in [0.25, 0.3) is 7.82 Å². The molecule has 0 heterocycles. The number of hydrogen-bond donors (Lipinski definition) is 0. The topological polar surface area (TPSA) is 67.8 Å². The molecular formula is C32H59INO5P. The van der Waals surface area contributed by atoms with E-state index in [4.69, 9.17) is 13.8 Å². The van der Waals surface area contributed by atoms with Gasteiger partial charge in [0.15, 0.2) is 0 Å². The molecule has 40 heavy (non-hydrogen) atoms. The van der Waals surface area contributed by atoms with E-state index in [1.807, 2.05) is 21.1 Å². The van der Waals surface area contributed by atoms with Crippen LogP contribution < -0.4 is 4.89 Å². The van der Waals surface area contributed by atoms with E-state index in [9.17, 15) is 9.46 Å². The van der Waals surface area contributed by atoms with Crippen molar-refractivity contribution < 1.29 is 27.7 Å². The Bertz CT molecular complexity index is 757. The molecular weight excluding hydrogens is 632 g/mol. The zero-order valence-corrected chi connectivity index (χ0v) is 28.9. The predicted octanol–water partition coefficient (Wildman–Crippen LogP) is 8.69. The Morgan fingerprint density at radius 3 is 1.55 bits per heavy atom. The molecule has 0 aliphatic heterocycles. The van der Waals surface area contributed by atoms with Gasteiger partial charge in [0.2, 0.25) is 0 Å².